The van der Waals surface area contributed by atoms with Gasteiger partial charge in [-0.05, 0) is 44.0 Å². The first-order chi connectivity index (χ1) is 15.6. The Hall–Kier alpha value is -2.51. The van der Waals surface area contributed by atoms with Gasteiger partial charge in [0.25, 0.3) is 0 Å². The zero-order chi connectivity index (χ0) is 22.1. The number of nitrogens with zero attached hydrogens (tertiary/aromatic N) is 3. The SMILES string of the molecule is CC(C(=O)NC1CC1)N1CCN(C(=O)CCN2c3ccccc3Sc3ccccc32)CC1. The molecule has 0 spiro atoms. The van der Waals surface area contributed by atoms with Crippen LogP contribution < -0.4 is 10.2 Å². The quantitative estimate of drug-likeness (QED) is 0.730. The van der Waals surface area contributed by atoms with Crippen LogP contribution in [0.2, 0.25) is 0 Å². The maximum absolute atomic E-state index is 13.0. The summed E-state index contributed by atoms with van der Waals surface area (Å²) in [6, 6.07) is 17.1. The highest BCUT2D eigenvalue weighted by atomic mass is 32.2. The van der Waals surface area contributed by atoms with Gasteiger partial charge in [-0.15, -0.1) is 0 Å². The van der Waals surface area contributed by atoms with Gasteiger partial charge in [-0.25, -0.2) is 0 Å². The summed E-state index contributed by atoms with van der Waals surface area (Å²) in [5.41, 5.74) is 2.34. The number of hydrogen-bond acceptors (Lipinski definition) is 5. The predicted octanol–water partition coefficient (Wildman–Crippen LogP) is 3.49. The van der Waals surface area contributed by atoms with E-state index in [4.69, 9.17) is 0 Å². The zero-order valence-corrected chi connectivity index (χ0v) is 19.3. The van der Waals surface area contributed by atoms with E-state index < -0.39 is 0 Å². The van der Waals surface area contributed by atoms with Crippen molar-refractivity contribution in [3.8, 4) is 0 Å². The lowest BCUT2D eigenvalue weighted by Crippen LogP contribution is -2.55. The third-order valence-electron chi connectivity index (χ3n) is 6.60. The Labute approximate surface area is 193 Å². The van der Waals surface area contributed by atoms with Gasteiger partial charge in [0.2, 0.25) is 11.8 Å². The molecule has 2 aromatic carbocycles. The first-order valence-corrected chi connectivity index (χ1v) is 12.4. The molecule has 1 saturated heterocycles. The Morgan fingerprint density at radius 3 is 2.16 bits per heavy atom. The van der Waals surface area contributed by atoms with Crippen molar-refractivity contribution < 1.29 is 9.59 Å². The second-order valence-corrected chi connectivity index (χ2v) is 9.90. The normalized spacial score (nSPS) is 19.2. The van der Waals surface area contributed by atoms with E-state index in [2.05, 4.69) is 63.6 Å². The molecule has 0 radical (unpaired) electrons. The van der Waals surface area contributed by atoms with Gasteiger partial charge in [0.1, 0.15) is 0 Å². The molecule has 2 fully saturated rings. The first kappa shape index (κ1) is 21.3. The van der Waals surface area contributed by atoms with E-state index in [-0.39, 0.29) is 17.9 Å². The van der Waals surface area contributed by atoms with Crippen LogP contribution in [0.15, 0.2) is 58.3 Å². The van der Waals surface area contributed by atoms with Crippen LogP contribution >= 0.6 is 11.8 Å². The van der Waals surface area contributed by atoms with Crippen molar-refractivity contribution in [1.82, 2.24) is 15.1 Å². The Morgan fingerprint density at radius 2 is 1.56 bits per heavy atom. The van der Waals surface area contributed by atoms with E-state index in [1.54, 1.807) is 11.8 Å². The molecule has 1 unspecified atom stereocenters. The minimum absolute atomic E-state index is 0.118. The molecule has 7 heteroatoms. The Morgan fingerprint density at radius 1 is 0.969 bits per heavy atom. The van der Waals surface area contributed by atoms with Crippen molar-refractivity contribution in [3.05, 3.63) is 48.5 Å². The minimum atomic E-state index is -0.133. The van der Waals surface area contributed by atoms with Gasteiger partial charge in [-0.3, -0.25) is 14.5 Å². The molecule has 32 heavy (non-hydrogen) atoms. The smallest absolute Gasteiger partial charge is 0.237 e. The lowest BCUT2D eigenvalue weighted by atomic mass is 10.2. The van der Waals surface area contributed by atoms with Gasteiger partial charge in [0.05, 0.1) is 17.4 Å². The number of carbonyl (C=O) groups excluding carboxylic acids is 2. The number of para-hydroxylation sites is 2. The van der Waals surface area contributed by atoms with E-state index >= 15 is 0 Å². The van der Waals surface area contributed by atoms with Crippen molar-refractivity contribution in [3.63, 3.8) is 0 Å². The van der Waals surface area contributed by atoms with Crippen LogP contribution in [0.1, 0.15) is 26.2 Å². The standard InChI is InChI=1S/C25H30N4O2S/c1-18(25(31)26-19-10-11-19)27-14-16-28(17-15-27)24(30)12-13-29-20-6-2-4-8-22(20)32-23-9-5-3-7-21(23)29/h2-9,18-19H,10-17H2,1H3,(H,26,31). The lowest BCUT2D eigenvalue weighted by Gasteiger charge is -2.38. The van der Waals surface area contributed by atoms with E-state index in [1.165, 1.54) is 21.2 Å². The van der Waals surface area contributed by atoms with Crippen LogP contribution in [0.3, 0.4) is 0 Å². The molecule has 0 bridgehead atoms. The fourth-order valence-electron chi connectivity index (χ4n) is 4.46. The molecule has 1 N–H and O–H groups in total. The van der Waals surface area contributed by atoms with Gasteiger partial charge in [-0.2, -0.15) is 0 Å². The summed E-state index contributed by atoms with van der Waals surface area (Å²) < 4.78 is 0. The van der Waals surface area contributed by atoms with Crippen LogP contribution in [-0.2, 0) is 9.59 Å². The van der Waals surface area contributed by atoms with Gasteiger partial charge >= 0.3 is 0 Å². The summed E-state index contributed by atoms with van der Waals surface area (Å²) in [7, 11) is 0. The summed E-state index contributed by atoms with van der Waals surface area (Å²) in [6.07, 6.45) is 2.68. The number of benzene rings is 2. The highest BCUT2D eigenvalue weighted by Gasteiger charge is 2.31. The van der Waals surface area contributed by atoms with Gasteiger partial charge < -0.3 is 15.1 Å². The summed E-state index contributed by atoms with van der Waals surface area (Å²) in [5, 5.41) is 3.09. The van der Waals surface area contributed by atoms with Crippen LogP contribution in [0.4, 0.5) is 11.4 Å². The van der Waals surface area contributed by atoms with Gasteiger partial charge in [0, 0.05) is 55.0 Å². The molecule has 1 atom stereocenters. The largest absolute Gasteiger partial charge is 0.352 e. The van der Waals surface area contributed by atoms with Gasteiger partial charge in [0.15, 0.2) is 0 Å². The molecule has 3 aliphatic rings. The molecule has 6 nitrogen and oxygen atoms in total. The molecule has 2 heterocycles. The molecule has 2 aliphatic heterocycles. The number of hydrogen-bond donors (Lipinski definition) is 1. The highest BCUT2D eigenvalue weighted by Crippen LogP contribution is 2.47. The van der Waals surface area contributed by atoms with Crippen LogP contribution in [0.5, 0.6) is 0 Å². The Kier molecular flexibility index (Phi) is 6.11. The maximum atomic E-state index is 13.0. The molecule has 1 aliphatic carbocycles. The average molecular weight is 451 g/mol. The monoisotopic (exact) mass is 450 g/mol. The van der Waals surface area contributed by atoms with Gasteiger partial charge in [-0.1, -0.05) is 36.0 Å². The molecule has 1 saturated carbocycles. The Bertz CT molecular complexity index is 955. The molecule has 168 valence electrons. The summed E-state index contributed by atoms with van der Waals surface area (Å²) >= 11 is 1.79. The summed E-state index contributed by atoms with van der Waals surface area (Å²) in [4.78, 5) is 34.3. The van der Waals surface area contributed by atoms with Crippen LogP contribution in [0, 0.1) is 0 Å². The number of amides is 2. The highest BCUT2D eigenvalue weighted by molar-refractivity contribution is 7.99. The number of carbonyl (C=O) groups is 2. The number of rotatable bonds is 6. The topological polar surface area (TPSA) is 55.9 Å². The van der Waals surface area contributed by atoms with Crippen LogP contribution in [-0.4, -0.2) is 66.4 Å². The zero-order valence-electron chi connectivity index (χ0n) is 18.5. The second-order valence-electron chi connectivity index (χ2n) is 8.81. The third-order valence-corrected chi connectivity index (χ3v) is 7.73. The number of fused-ring (bicyclic) bond motifs is 2. The first-order valence-electron chi connectivity index (χ1n) is 11.6. The fraction of sp³-hybridized carbons (Fsp3) is 0.440. The van der Waals surface area contributed by atoms with Crippen molar-refractivity contribution in [1.29, 1.82) is 0 Å². The third kappa shape index (κ3) is 4.50. The number of piperazine rings is 1. The summed E-state index contributed by atoms with van der Waals surface area (Å²) in [5.74, 6) is 0.306. The van der Waals surface area contributed by atoms with Crippen molar-refractivity contribution in [2.24, 2.45) is 0 Å². The van der Waals surface area contributed by atoms with E-state index in [1.807, 2.05) is 11.8 Å². The van der Waals surface area contributed by atoms with E-state index in [0.717, 1.165) is 25.9 Å². The molecule has 2 amide bonds. The van der Waals surface area contributed by atoms with Crippen molar-refractivity contribution in [2.75, 3.05) is 37.6 Å². The van der Waals surface area contributed by atoms with Crippen LogP contribution in [0.25, 0.3) is 0 Å². The van der Waals surface area contributed by atoms with Crippen molar-refractivity contribution >= 4 is 35.0 Å². The molecular formula is C25H30N4O2S. The molecule has 5 rings (SSSR count). The minimum Gasteiger partial charge on any atom is -0.352 e. The molecule has 2 aromatic rings. The molecular weight excluding hydrogens is 420 g/mol. The maximum Gasteiger partial charge on any atom is 0.237 e. The number of anilines is 2. The van der Waals surface area contributed by atoms with E-state index in [0.29, 0.717) is 32.1 Å². The Balaban J connectivity index is 1.18. The second kappa shape index (κ2) is 9.16. The van der Waals surface area contributed by atoms with Crippen molar-refractivity contribution in [2.45, 2.75) is 48.1 Å². The number of nitrogens with one attached hydrogen (secondary N) is 1. The molecule has 0 aromatic heterocycles. The average Bonchev–Trinajstić information content (AvgIpc) is 3.65. The van der Waals surface area contributed by atoms with E-state index in [9.17, 15) is 9.59 Å². The fourth-order valence-corrected chi connectivity index (χ4v) is 5.56. The predicted molar refractivity (Wildman–Crippen MR) is 127 cm³/mol. The summed E-state index contributed by atoms with van der Waals surface area (Å²) in [6.45, 7) is 5.49. The lowest BCUT2D eigenvalue weighted by molar-refractivity contribution is -0.134.